The molecule has 1 aliphatic carbocycles. The molecule has 0 aromatic heterocycles. The van der Waals surface area contributed by atoms with E-state index in [2.05, 4.69) is 207 Å². The minimum Gasteiger partial charge on any atom is -0.314 e. The van der Waals surface area contributed by atoms with Gasteiger partial charge in [-0.25, -0.2) is 0 Å². The van der Waals surface area contributed by atoms with E-state index in [0.29, 0.717) is 0 Å². The highest BCUT2D eigenvalue weighted by molar-refractivity contribution is 6.19. The molecule has 1 atom stereocenters. The van der Waals surface area contributed by atoms with Gasteiger partial charge in [-0.15, -0.1) is 0 Å². The van der Waals surface area contributed by atoms with Crippen LogP contribution in [0.2, 0.25) is 0 Å². The summed E-state index contributed by atoms with van der Waals surface area (Å²) < 4.78 is 0. The smallest absolute Gasteiger partial charge is 0.0757 e. The van der Waals surface area contributed by atoms with Gasteiger partial charge < -0.3 is 4.90 Å². The van der Waals surface area contributed by atoms with Crippen molar-refractivity contribution >= 4 is 32.9 Å². The number of nitrogens with zero attached hydrogens (tertiary/aromatic N) is 1. The van der Waals surface area contributed by atoms with E-state index in [1.807, 2.05) is 0 Å². The molecule has 0 fully saturated rings. The molecule has 0 amide bonds. The number of rotatable bonds is 5. The molecule has 2 aliphatic rings. The van der Waals surface area contributed by atoms with E-state index in [-0.39, 0.29) is 0 Å². The first-order valence-corrected chi connectivity index (χ1v) is 18.7. The van der Waals surface area contributed by atoms with Gasteiger partial charge >= 0.3 is 0 Å². The Labute approximate surface area is 311 Å². The van der Waals surface area contributed by atoms with Crippen LogP contribution in [0.4, 0.5) is 11.4 Å². The summed E-state index contributed by atoms with van der Waals surface area (Å²) in [6, 6.07) is 65.2. The van der Waals surface area contributed by atoms with E-state index in [1.54, 1.807) is 0 Å². The maximum absolute atomic E-state index is 2.54. The Morgan fingerprint density at radius 1 is 0.528 bits per heavy atom. The van der Waals surface area contributed by atoms with Crippen molar-refractivity contribution in [2.45, 2.75) is 25.7 Å². The summed E-state index contributed by atoms with van der Waals surface area (Å²) in [6.45, 7) is 4.48. The van der Waals surface area contributed by atoms with Crippen LogP contribution >= 0.6 is 0 Å². The predicted molar refractivity (Wildman–Crippen MR) is 224 cm³/mol. The maximum atomic E-state index is 2.54. The molecule has 1 heterocycles. The lowest BCUT2D eigenvalue weighted by Gasteiger charge is -2.45. The normalized spacial score (nSPS) is 16.1. The highest BCUT2D eigenvalue weighted by Gasteiger charge is 2.53. The molecule has 0 radical (unpaired) electrons. The highest BCUT2D eigenvalue weighted by atomic mass is 15.2. The third kappa shape index (κ3) is 4.64. The summed E-state index contributed by atoms with van der Waals surface area (Å²) >= 11 is 0. The number of allylic oxidation sites excluding steroid dienone is 4. The summed E-state index contributed by atoms with van der Waals surface area (Å²) in [7, 11) is 0. The van der Waals surface area contributed by atoms with Crippen LogP contribution < -0.4 is 4.90 Å². The average Bonchev–Trinajstić information content (AvgIpc) is 3.51. The minimum absolute atomic E-state index is 0.542. The SMILES string of the molecule is C/C=C\C1=C(C)N(c2ccccc2)c2ccccc2C12c1cc(Cc3ccc(-c4ccccc4)cc3)ccc1-c1c2c2ccccc2c2ccccc12. The molecule has 8 aromatic carbocycles. The van der Waals surface area contributed by atoms with Crippen LogP contribution in [-0.2, 0) is 11.8 Å². The lowest BCUT2D eigenvalue weighted by atomic mass is 9.63. The molecular formula is C52H39N. The van der Waals surface area contributed by atoms with E-state index in [0.717, 1.165) is 6.42 Å². The molecule has 8 aromatic rings. The molecular weight excluding hydrogens is 639 g/mol. The van der Waals surface area contributed by atoms with Gasteiger partial charge in [0.1, 0.15) is 0 Å². The Hall–Kier alpha value is -6.44. The molecule has 1 aliphatic heterocycles. The summed E-state index contributed by atoms with van der Waals surface area (Å²) in [5.74, 6) is 0. The van der Waals surface area contributed by atoms with Gasteiger partial charge in [0.05, 0.1) is 11.1 Å². The minimum atomic E-state index is -0.542. The first kappa shape index (κ1) is 31.3. The molecule has 10 rings (SSSR count). The average molecular weight is 678 g/mol. The zero-order chi connectivity index (χ0) is 35.5. The van der Waals surface area contributed by atoms with Crippen LogP contribution in [0.5, 0.6) is 0 Å². The van der Waals surface area contributed by atoms with Gasteiger partial charge in [0.25, 0.3) is 0 Å². The molecule has 53 heavy (non-hydrogen) atoms. The lowest BCUT2D eigenvalue weighted by molar-refractivity contribution is 0.736. The summed E-state index contributed by atoms with van der Waals surface area (Å²) in [4.78, 5) is 2.47. The third-order valence-corrected chi connectivity index (χ3v) is 11.6. The van der Waals surface area contributed by atoms with Crippen molar-refractivity contribution in [3.63, 3.8) is 0 Å². The number of fused-ring (bicyclic) bond motifs is 12. The number of hydrogen-bond donors (Lipinski definition) is 0. The number of benzene rings is 8. The van der Waals surface area contributed by atoms with Crippen molar-refractivity contribution in [3.05, 3.63) is 227 Å². The number of hydrogen-bond acceptors (Lipinski definition) is 1. The van der Waals surface area contributed by atoms with Crippen LogP contribution in [0.1, 0.15) is 41.7 Å². The second-order valence-electron chi connectivity index (χ2n) is 14.4. The Morgan fingerprint density at radius 2 is 1.11 bits per heavy atom. The monoisotopic (exact) mass is 677 g/mol. The van der Waals surface area contributed by atoms with Crippen LogP contribution in [0.15, 0.2) is 199 Å². The van der Waals surface area contributed by atoms with Gasteiger partial charge in [0.2, 0.25) is 0 Å². The van der Waals surface area contributed by atoms with Gasteiger partial charge in [0, 0.05) is 11.4 Å². The first-order chi connectivity index (χ1) is 26.2. The number of para-hydroxylation sites is 2. The zero-order valence-corrected chi connectivity index (χ0v) is 30.1. The fraction of sp³-hybridized carbons (Fsp3) is 0.0769. The van der Waals surface area contributed by atoms with E-state index in [4.69, 9.17) is 0 Å². The largest absolute Gasteiger partial charge is 0.314 e. The standard InChI is InChI=1S/C52H39N/c1-3-16-46-35(2)53(40-19-8-5-9-20-40)49-26-15-14-25-47(49)52(46)48-34-37(33-36-27-30-39(31-28-36)38-17-6-4-7-18-38)29-32-45(48)50-43-23-12-10-21-41(43)42-22-11-13-24-44(42)51(50)52/h3-32,34H,33H2,1-2H3/b16-3-. The molecule has 252 valence electrons. The predicted octanol–water partition coefficient (Wildman–Crippen LogP) is 13.6. The zero-order valence-electron chi connectivity index (χ0n) is 30.1. The summed E-state index contributed by atoms with van der Waals surface area (Å²) in [5.41, 5.74) is 16.3. The second-order valence-corrected chi connectivity index (χ2v) is 14.4. The van der Waals surface area contributed by atoms with Crippen molar-refractivity contribution in [2.75, 3.05) is 4.90 Å². The Kier molecular flexibility index (Phi) is 7.30. The van der Waals surface area contributed by atoms with E-state index >= 15 is 0 Å². The van der Waals surface area contributed by atoms with Gasteiger partial charge in [-0.2, -0.15) is 0 Å². The van der Waals surface area contributed by atoms with Crippen LogP contribution in [0, 0.1) is 0 Å². The van der Waals surface area contributed by atoms with Crippen LogP contribution in [0.3, 0.4) is 0 Å². The van der Waals surface area contributed by atoms with E-state index in [9.17, 15) is 0 Å². The Balaban J connectivity index is 1.28. The fourth-order valence-electron chi connectivity index (χ4n) is 9.44. The molecule has 0 saturated carbocycles. The van der Waals surface area contributed by atoms with E-state index < -0.39 is 5.41 Å². The van der Waals surface area contributed by atoms with Crippen LogP contribution in [0.25, 0.3) is 43.8 Å². The maximum Gasteiger partial charge on any atom is 0.0757 e. The van der Waals surface area contributed by atoms with Gasteiger partial charge in [-0.3, -0.25) is 0 Å². The summed E-state index contributed by atoms with van der Waals surface area (Å²) in [6.07, 6.45) is 5.48. The third-order valence-electron chi connectivity index (χ3n) is 11.6. The van der Waals surface area contributed by atoms with Gasteiger partial charge in [-0.1, -0.05) is 170 Å². The second kappa shape index (κ2) is 12.4. The van der Waals surface area contributed by atoms with Gasteiger partial charge in [-0.05, 0) is 116 Å². The highest BCUT2D eigenvalue weighted by Crippen LogP contribution is 2.64. The van der Waals surface area contributed by atoms with Crippen molar-refractivity contribution < 1.29 is 0 Å². The Morgan fingerprint density at radius 3 is 1.85 bits per heavy atom. The molecule has 0 saturated heterocycles. The van der Waals surface area contributed by atoms with Crippen molar-refractivity contribution in [1.82, 2.24) is 0 Å². The molecule has 1 spiro atoms. The van der Waals surface area contributed by atoms with Crippen LogP contribution in [-0.4, -0.2) is 0 Å². The molecule has 0 N–H and O–H groups in total. The fourth-order valence-corrected chi connectivity index (χ4v) is 9.44. The van der Waals surface area contributed by atoms with Crippen molar-refractivity contribution in [2.24, 2.45) is 0 Å². The summed E-state index contributed by atoms with van der Waals surface area (Å²) in [5, 5.41) is 5.22. The topological polar surface area (TPSA) is 3.24 Å². The molecule has 0 bridgehead atoms. The van der Waals surface area contributed by atoms with Crippen molar-refractivity contribution in [1.29, 1.82) is 0 Å². The lowest BCUT2D eigenvalue weighted by Crippen LogP contribution is -2.38. The first-order valence-electron chi connectivity index (χ1n) is 18.7. The molecule has 1 nitrogen and oxygen atoms in total. The quantitative estimate of drug-likeness (QED) is 0.164. The van der Waals surface area contributed by atoms with E-state index in [1.165, 1.54) is 94.3 Å². The number of anilines is 2. The molecule has 1 heteroatoms. The van der Waals surface area contributed by atoms with Gasteiger partial charge in [0.15, 0.2) is 0 Å². The molecule has 1 unspecified atom stereocenters. The van der Waals surface area contributed by atoms with Crippen molar-refractivity contribution in [3.8, 4) is 22.3 Å². The Bertz CT molecular complexity index is 2750.